The molecular formula is C12H48Cl4Na5O10Ru3-. The smallest absolute Gasteiger partial charge is 1.00 e. The minimum atomic E-state index is -1.75. The zero-order valence-corrected chi connectivity index (χ0v) is 42.2. The summed E-state index contributed by atoms with van der Waals surface area (Å²) in [4.78, 5) is 0. The number of hydrogen-bond donors (Lipinski definition) is 8. The van der Waals surface area contributed by atoms with Crippen LogP contribution in [0.1, 0.15) is 4.28 Å². The Morgan fingerprint density at radius 3 is 0.471 bits per heavy atom. The van der Waals surface area contributed by atoms with E-state index >= 15 is 0 Å². The molecule has 0 aromatic heterocycles. The van der Waals surface area contributed by atoms with E-state index in [4.69, 9.17) is 80.1 Å². The van der Waals surface area contributed by atoms with Gasteiger partial charge in [0.05, 0.1) is 0 Å². The number of rotatable bonds is 0. The van der Waals surface area contributed by atoms with Gasteiger partial charge in [-0.05, 0) is 0 Å². The van der Waals surface area contributed by atoms with Crippen molar-refractivity contribution in [2.45, 2.75) is 0 Å². The Bertz CT molecular complexity index is 92.1. The Hall–Kier alpha value is 7.63. The average molecular weight is 912 g/mol. The third-order valence-electron chi connectivity index (χ3n) is 0. The average Bonchev–Trinajstić information content (AvgIpc) is 2.76. The summed E-state index contributed by atoms with van der Waals surface area (Å²) < 4.78 is 0. The van der Waals surface area contributed by atoms with Crippen LogP contribution < -0.4 is 170 Å². The summed E-state index contributed by atoms with van der Waals surface area (Å²) in [5.41, 5.74) is 0. The molecule has 0 atom stereocenters. The third kappa shape index (κ3) is 1020. The fourth-order valence-electron chi connectivity index (χ4n) is 0. The summed E-state index contributed by atoms with van der Waals surface area (Å²) in [7, 11) is 24.3. The van der Waals surface area contributed by atoms with Crippen LogP contribution in [-0.2, 0) is 51.9 Å². The molecule has 0 unspecified atom stereocenters. The minimum Gasteiger partial charge on any atom is -1.00 e. The molecule has 0 bridgehead atoms. The van der Waals surface area contributed by atoms with E-state index in [1.54, 1.807) is 0 Å². The van der Waals surface area contributed by atoms with Gasteiger partial charge < -0.3 is 81.2 Å². The van der Waals surface area contributed by atoms with E-state index in [1.165, 1.54) is 0 Å². The maximum Gasteiger partial charge on any atom is 1.00 e. The maximum atomic E-state index is 8.25. The maximum absolute atomic E-state index is 8.25. The molecule has 0 aliphatic carbocycles. The molecule has 0 saturated heterocycles. The number of halogens is 4. The molecule has 0 spiro atoms. The molecule has 0 aliphatic heterocycles. The van der Waals surface area contributed by atoms with E-state index in [1.807, 2.05) is 0 Å². The Kier molecular flexibility index (Phi) is 2680. The molecule has 0 aliphatic rings. The van der Waals surface area contributed by atoms with Crippen molar-refractivity contribution in [3.63, 3.8) is 0 Å². The van der Waals surface area contributed by atoms with Crippen LogP contribution in [-0.4, -0.2) is 112 Å². The number of hydrogen-bond acceptors (Lipinski definition) is 10. The molecule has 0 aromatic carbocycles. The van der Waals surface area contributed by atoms with E-state index in [-0.39, 0.29) is 218 Å². The van der Waals surface area contributed by atoms with E-state index in [0.29, 0.717) is 0 Å². The SMILES string of the molecule is CO.CO.CO.CO.CO.CO.CO.CO.C[O-].C[O-].[CH3-].[CH3-].[Cl-].[Cl][Ru]([Cl])[Cl].[H-].[H-].[HH].[Na+].[Na+].[Na+].[Na+].[Na+].[Ru+].[Ru]. The van der Waals surface area contributed by atoms with E-state index in [9.17, 15) is 0 Å². The van der Waals surface area contributed by atoms with Crippen molar-refractivity contribution in [1.29, 1.82) is 0 Å². The summed E-state index contributed by atoms with van der Waals surface area (Å²) in [5, 5.41) is 72.5. The van der Waals surface area contributed by atoms with Crippen molar-refractivity contribution in [2.75, 3.05) is 71.1 Å². The van der Waals surface area contributed by atoms with Crippen molar-refractivity contribution >= 4 is 29.1 Å². The summed E-state index contributed by atoms with van der Waals surface area (Å²) in [6, 6.07) is 0. The van der Waals surface area contributed by atoms with Gasteiger partial charge >= 0.3 is 209 Å². The van der Waals surface area contributed by atoms with Gasteiger partial charge in [-0.2, -0.15) is 14.2 Å². The van der Waals surface area contributed by atoms with Crippen LogP contribution in [0.5, 0.6) is 0 Å². The summed E-state index contributed by atoms with van der Waals surface area (Å²) in [6.07, 6.45) is 0. The summed E-state index contributed by atoms with van der Waals surface area (Å²) in [6.45, 7) is 0. The molecule has 0 fully saturated rings. The molecule has 0 amide bonds. The van der Waals surface area contributed by atoms with Crippen molar-refractivity contribution < 1.29 is 267 Å². The van der Waals surface area contributed by atoms with Crippen LogP contribution in [0.3, 0.4) is 0 Å². The first-order valence-corrected chi connectivity index (χ1v) is 11.5. The normalized spacial score (nSPS) is 3.09. The first kappa shape index (κ1) is 161. The van der Waals surface area contributed by atoms with Crippen molar-refractivity contribution in [3.05, 3.63) is 14.9 Å². The van der Waals surface area contributed by atoms with Gasteiger partial charge in [0.2, 0.25) is 0 Å². The van der Waals surface area contributed by atoms with Gasteiger partial charge in [-0.25, -0.2) is 0 Å². The molecule has 0 saturated carbocycles. The largest absolute Gasteiger partial charge is 1.00 e. The van der Waals surface area contributed by atoms with Crippen molar-refractivity contribution in [3.8, 4) is 0 Å². The van der Waals surface area contributed by atoms with Crippen LogP contribution in [0.2, 0.25) is 0 Å². The predicted molar refractivity (Wildman–Crippen MR) is 112 cm³/mol. The van der Waals surface area contributed by atoms with Crippen LogP contribution in [0, 0.1) is 14.9 Å². The van der Waals surface area contributed by atoms with Gasteiger partial charge in [0.25, 0.3) is 0 Å². The zero-order chi connectivity index (χ0) is 23.6. The molecule has 214 valence electrons. The van der Waals surface area contributed by atoms with Gasteiger partial charge in [-0.1, -0.05) is 0 Å². The molecule has 8 N–H and O–H groups in total. The third-order valence-corrected chi connectivity index (χ3v) is 0. The van der Waals surface area contributed by atoms with E-state index in [2.05, 4.69) is 0 Å². The fraction of sp³-hybridized carbons (Fsp3) is 0.833. The fourth-order valence-corrected chi connectivity index (χ4v) is 0. The Morgan fingerprint density at radius 1 is 0.471 bits per heavy atom. The van der Waals surface area contributed by atoms with Gasteiger partial charge in [0.1, 0.15) is 0 Å². The van der Waals surface area contributed by atoms with Gasteiger partial charge in [-0.3, -0.25) is 0 Å². The van der Waals surface area contributed by atoms with Gasteiger partial charge in [0, 0.05) is 77.8 Å². The Balaban J connectivity index is -0.00000000223. The second-order valence-corrected chi connectivity index (χ2v) is 8.07. The van der Waals surface area contributed by atoms with Gasteiger partial charge in [0.15, 0.2) is 0 Å². The molecule has 0 rings (SSSR count). The standard InChI is InChI=1S/8CH4O.2CH3O.2CH3.4ClH.5Na.3Ru.H2.2H/c10*1-2;;;;;;;;;;;;;;;;;/h8*2H,1H3;2*1H3;2*1H3;4*1H;;;;;;;;;1H;;/q;;;;;;;;4*-1;;;;;5*+1;;+1;+3;;2*-1/p-4. The predicted octanol–water partition coefficient (Wildman–Crippen LogP) is -19.7. The molecule has 22 heteroatoms. The molecule has 0 heterocycles. The minimum absolute atomic E-state index is 0. The zero-order valence-electron chi connectivity index (χ0n) is 26.0. The second-order valence-electron chi connectivity index (χ2n) is 0.152. The van der Waals surface area contributed by atoms with Crippen LogP contribution >= 0.6 is 29.1 Å². The summed E-state index contributed by atoms with van der Waals surface area (Å²) >= 11 is -1.75. The first-order valence-electron chi connectivity index (χ1n) is 4.80. The van der Waals surface area contributed by atoms with Crippen LogP contribution in [0.15, 0.2) is 0 Å². The monoisotopic (exact) mass is 913 g/mol. The Labute approximate surface area is 375 Å². The molecule has 1 radical (unpaired) electrons. The Morgan fingerprint density at radius 2 is 0.471 bits per heavy atom. The van der Waals surface area contributed by atoms with E-state index < -0.39 is 13.0 Å². The van der Waals surface area contributed by atoms with Crippen LogP contribution in [0.4, 0.5) is 0 Å². The van der Waals surface area contributed by atoms with Crippen molar-refractivity contribution in [2.24, 2.45) is 0 Å². The van der Waals surface area contributed by atoms with E-state index in [0.717, 1.165) is 71.1 Å². The molecule has 10 nitrogen and oxygen atoms in total. The number of aliphatic hydroxyl groups excluding tert-OH is 8. The summed E-state index contributed by atoms with van der Waals surface area (Å²) in [5.74, 6) is 0. The van der Waals surface area contributed by atoms with Crippen molar-refractivity contribution in [1.82, 2.24) is 0 Å². The van der Waals surface area contributed by atoms with Crippen LogP contribution in [0.25, 0.3) is 0 Å². The van der Waals surface area contributed by atoms with Gasteiger partial charge in [-0.15, -0.1) is 0 Å². The molecule has 0 aromatic rings. The quantitative estimate of drug-likeness (QED) is 0.0852. The molecular weight excluding hydrogens is 864 g/mol. The second kappa shape index (κ2) is 565. The number of aliphatic hydroxyl groups is 8. The topological polar surface area (TPSA) is 208 Å². The molecule has 34 heavy (non-hydrogen) atoms. The first-order chi connectivity index (χ1) is 11.7.